The van der Waals surface area contributed by atoms with Crippen LogP contribution in [0.3, 0.4) is 0 Å². The fraction of sp³-hybridized carbons (Fsp3) is 0.471. The van der Waals surface area contributed by atoms with Gasteiger partial charge in [-0.25, -0.2) is 0 Å². The molecule has 1 aliphatic rings. The molecule has 1 aliphatic carbocycles. The SMILES string of the molecule is CC1CCC(CBr)(NC(=O)c2csc3ccccc23)CC1. The molecule has 0 spiro atoms. The largest absolute Gasteiger partial charge is 0.346 e. The average molecular weight is 366 g/mol. The number of halogens is 1. The molecular weight excluding hydrogens is 346 g/mol. The van der Waals surface area contributed by atoms with Crippen molar-refractivity contribution < 1.29 is 4.79 Å². The van der Waals surface area contributed by atoms with Crippen molar-refractivity contribution in [2.75, 3.05) is 5.33 Å². The Kier molecular flexibility index (Phi) is 4.36. The van der Waals surface area contributed by atoms with Gasteiger partial charge in [0.05, 0.1) is 11.1 Å². The van der Waals surface area contributed by atoms with Gasteiger partial charge in [0.2, 0.25) is 0 Å². The van der Waals surface area contributed by atoms with Crippen LogP contribution in [0.4, 0.5) is 0 Å². The molecule has 1 fully saturated rings. The molecule has 0 unspecified atom stereocenters. The number of fused-ring (bicyclic) bond motifs is 1. The van der Waals surface area contributed by atoms with Crippen LogP contribution in [-0.4, -0.2) is 16.8 Å². The molecule has 1 aromatic heterocycles. The number of nitrogens with one attached hydrogen (secondary N) is 1. The number of hydrogen-bond donors (Lipinski definition) is 1. The maximum Gasteiger partial charge on any atom is 0.253 e. The van der Waals surface area contributed by atoms with Crippen LogP contribution in [0.2, 0.25) is 0 Å². The molecule has 3 rings (SSSR count). The number of benzene rings is 1. The number of rotatable bonds is 3. The third-order valence-corrected chi connectivity index (χ3v) is 6.63. The Balaban J connectivity index is 1.82. The van der Waals surface area contributed by atoms with Crippen molar-refractivity contribution in [3.8, 4) is 0 Å². The Hall–Kier alpha value is -0.870. The first-order valence-corrected chi connectivity index (χ1v) is 9.48. The van der Waals surface area contributed by atoms with Crippen LogP contribution in [-0.2, 0) is 0 Å². The number of hydrogen-bond acceptors (Lipinski definition) is 2. The van der Waals surface area contributed by atoms with E-state index in [1.165, 1.54) is 17.5 Å². The summed E-state index contributed by atoms with van der Waals surface area (Å²) in [5.74, 6) is 0.845. The van der Waals surface area contributed by atoms with Gasteiger partial charge >= 0.3 is 0 Å². The molecule has 1 amide bonds. The highest BCUT2D eigenvalue weighted by Crippen LogP contribution is 2.34. The van der Waals surface area contributed by atoms with Gasteiger partial charge in [-0.3, -0.25) is 4.79 Å². The maximum absolute atomic E-state index is 12.7. The van der Waals surface area contributed by atoms with E-state index in [9.17, 15) is 4.79 Å². The number of carbonyl (C=O) groups is 1. The molecule has 4 heteroatoms. The molecule has 2 nitrogen and oxygen atoms in total. The molecule has 1 aromatic carbocycles. The summed E-state index contributed by atoms with van der Waals surface area (Å²) in [6.07, 6.45) is 4.51. The van der Waals surface area contributed by atoms with Gasteiger partial charge in [-0.1, -0.05) is 41.1 Å². The third-order valence-electron chi connectivity index (χ3n) is 4.59. The van der Waals surface area contributed by atoms with Gasteiger partial charge in [-0.2, -0.15) is 0 Å². The minimum absolute atomic E-state index is 0.0708. The molecule has 0 saturated heterocycles. The smallest absolute Gasteiger partial charge is 0.253 e. The molecule has 0 bridgehead atoms. The number of thiophene rings is 1. The normalized spacial score (nSPS) is 25.9. The van der Waals surface area contributed by atoms with Gasteiger partial charge in [0.25, 0.3) is 5.91 Å². The van der Waals surface area contributed by atoms with E-state index >= 15 is 0 Å². The van der Waals surface area contributed by atoms with Crippen LogP contribution in [0, 0.1) is 5.92 Å². The van der Waals surface area contributed by atoms with Crippen molar-refractivity contribution in [1.82, 2.24) is 5.32 Å². The zero-order valence-corrected chi connectivity index (χ0v) is 14.6. The van der Waals surface area contributed by atoms with Gasteiger partial charge in [-0.05, 0) is 37.7 Å². The lowest BCUT2D eigenvalue weighted by Gasteiger charge is -2.39. The number of carbonyl (C=O) groups excluding carboxylic acids is 1. The average Bonchev–Trinajstić information content (AvgIpc) is 2.94. The molecule has 21 heavy (non-hydrogen) atoms. The van der Waals surface area contributed by atoms with E-state index in [-0.39, 0.29) is 11.4 Å². The van der Waals surface area contributed by atoms with Gasteiger partial charge in [0.1, 0.15) is 0 Å². The van der Waals surface area contributed by atoms with Crippen molar-refractivity contribution >= 4 is 43.3 Å². The summed E-state index contributed by atoms with van der Waals surface area (Å²) < 4.78 is 1.17. The second-order valence-corrected chi connectivity index (χ2v) is 7.67. The van der Waals surface area contributed by atoms with Crippen LogP contribution in [0.15, 0.2) is 29.6 Å². The third kappa shape index (κ3) is 3.02. The molecule has 112 valence electrons. The minimum Gasteiger partial charge on any atom is -0.346 e. The first-order valence-electron chi connectivity index (χ1n) is 7.48. The zero-order valence-electron chi connectivity index (χ0n) is 12.2. The molecule has 0 radical (unpaired) electrons. The van der Waals surface area contributed by atoms with Crippen LogP contribution in [0.25, 0.3) is 10.1 Å². The van der Waals surface area contributed by atoms with Crippen molar-refractivity contribution in [3.63, 3.8) is 0 Å². The molecule has 2 aromatic rings. The van der Waals surface area contributed by atoms with E-state index in [2.05, 4.69) is 34.2 Å². The lowest BCUT2D eigenvalue weighted by molar-refractivity contribution is 0.0876. The highest BCUT2D eigenvalue weighted by Gasteiger charge is 2.35. The fourth-order valence-corrected chi connectivity index (χ4v) is 4.71. The highest BCUT2D eigenvalue weighted by molar-refractivity contribution is 9.09. The van der Waals surface area contributed by atoms with Crippen molar-refractivity contribution in [3.05, 3.63) is 35.2 Å². The van der Waals surface area contributed by atoms with Crippen LogP contribution < -0.4 is 5.32 Å². The monoisotopic (exact) mass is 365 g/mol. The first-order chi connectivity index (χ1) is 10.1. The zero-order chi connectivity index (χ0) is 14.9. The lowest BCUT2D eigenvalue weighted by atomic mass is 9.78. The van der Waals surface area contributed by atoms with Crippen LogP contribution >= 0.6 is 27.3 Å². The Morgan fingerprint density at radius 3 is 2.81 bits per heavy atom. The topological polar surface area (TPSA) is 29.1 Å². The molecular formula is C17H20BrNOS. The first kappa shape index (κ1) is 15.0. The second-order valence-electron chi connectivity index (χ2n) is 6.20. The quantitative estimate of drug-likeness (QED) is 0.763. The lowest BCUT2D eigenvalue weighted by Crippen LogP contribution is -2.52. The van der Waals surface area contributed by atoms with Crippen molar-refractivity contribution in [2.24, 2.45) is 5.92 Å². The number of alkyl halides is 1. The molecule has 1 N–H and O–H groups in total. The predicted molar refractivity (Wildman–Crippen MR) is 93.4 cm³/mol. The summed E-state index contributed by atoms with van der Waals surface area (Å²) in [5.41, 5.74) is 0.738. The van der Waals surface area contributed by atoms with Gasteiger partial charge in [0.15, 0.2) is 0 Å². The molecule has 1 heterocycles. The summed E-state index contributed by atoms with van der Waals surface area (Å²) in [7, 11) is 0. The highest BCUT2D eigenvalue weighted by atomic mass is 79.9. The summed E-state index contributed by atoms with van der Waals surface area (Å²) in [4.78, 5) is 12.7. The summed E-state index contributed by atoms with van der Waals surface area (Å²) >= 11 is 5.26. The Labute approximate surface area is 138 Å². The maximum atomic E-state index is 12.7. The van der Waals surface area contributed by atoms with Gasteiger partial charge in [0, 0.05) is 20.8 Å². The number of amides is 1. The van der Waals surface area contributed by atoms with E-state index in [4.69, 9.17) is 0 Å². The van der Waals surface area contributed by atoms with Crippen molar-refractivity contribution in [1.29, 1.82) is 0 Å². The molecule has 1 saturated carbocycles. The molecule has 0 aliphatic heterocycles. The minimum atomic E-state index is -0.0768. The van der Waals surface area contributed by atoms with E-state index in [0.717, 1.165) is 35.0 Å². The fourth-order valence-electron chi connectivity index (χ4n) is 3.07. The van der Waals surface area contributed by atoms with Crippen molar-refractivity contribution in [2.45, 2.75) is 38.1 Å². The predicted octanol–water partition coefficient (Wildman–Crippen LogP) is 4.97. The second kappa shape index (κ2) is 6.09. The van der Waals surface area contributed by atoms with E-state index in [1.807, 2.05) is 23.6 Å². The van der Waals surface area contributed by atoms with Gasteiger partial charge in [-0.15, -0.1) is 11.3 Å². The summed E-state index contributed by atoms with van der Waals surface area (Å²) in [6, 6.07) is 8.11. The summed E-state index contributed by atoms with van der Waals surface area (Å²) in [5, 5.41) is 7.20. The van der Waals surface area contributed by atoms with Crippen LogP contribution in [0.1, 0.15) is 43.0 Å². The van der Waals surface area contributed by atoms with Gasteiger partial charge < -0.3 is 5.32 Å². The van der Waals surface area contributed by atoms with E-state index in [0.29, 0.717) is 0 Å². The summed E-state index contributed by atoms with van der Waals surface area (Å²) in [6.45, 7) is 2.30. The standard InChI is InChI=1S/C17H20BrNOS/c1-12-6-8-17(11-18,9-7-12)19-16(20)14-10-21-15-5-3-2-4-13(14)15/h2-5,10,12H,6-9,11H2,1H3,(H,19,20). The molecule has 0 atom stereocenters. The Bertz CT molecular complexity index is 643. The Morgan fingerprint density at radius 2 is 2.10 bits per heavy atom. The van der Waals surface area contributed by atoms with Crippen LogP contribution in [0.5, 0.6) is 0 Å². The van der Waals surface area contributed by atoms with E-state index in [1.54, 1.807) is 11.3 Å². The van der Waals surface area contributed by atoms with E-state index < -0.39 is 0 Å². The Morgan fingerprint density at radius 1 is 1.38 bits per heavy atom.